The highest BCUT2D eigenvalue weighted by Crippen LogP contribution is 2.39. The third-order valence-electron chi connectivity index (χ3n) is 2.83. The van der Waals surface area contributed by atoms with Gasteiger partial charge in [0.05, 0.1) is 10.0 Å². The molecule has 0 heterocycles. The van der Waals surface area contributed by atoms with Gasteiger partial charge in [-0.15, -0.1) is 11.8 Å². The SMILES string of the molecule is CC(N)C(Sc1ccc(Cl)c(Cl)c1)c1ccc(Cl)cc1. The Morgan fingerprint density at radius 1 is 0.950 bits per heavy atom. The highest BCUT2D eigenvalue weighted by atomic mass is 35.5. The standard InChI is InChI=1S/C15H14Cl3NS/c1-9(19)15(10-2-4-11(16)5-3-10)20-12-6-7-13(17)14(18)8-12/h2-9,15H,19H2,1H3. The average molecular weight is 347 g/mol. The van der Waals surface area contributed by atoms with Crippen LogP contribution in [0.4, 0.5) is 0 Å². The molecular formula is C15H14Cl3NS. The monoisotopic (exact) mass is 345 g/mol. The first kappa shape index (κ1) is 16.0. The van der Waals surface area contributed by atoms with E-state index in [-0.39, 0.29) is 11.3 Å². The molecule has 20 heavy (non-hydrogen) atoms. The molecule has 0 radical (unpaired) electrons. The van der Waals surface area contributed by atoms with Gasteiger partial charge in [-0.1, -0.05) is 46.9 Å². The molecular weight excluding hydrogens is 333 g/mol. The van der Waals surface area contributed by atoms with Crippen LogP contribution < -0.4 is 5.73 Å². The zero-order valence-corrected chi connectivity index (χ0v) is 13.9. The molecule has 0 saturated heterocycles. The largest absolute Gasteiger partial charge is 0.327 e. The number of halogens is 3. The van der Waals surface area contributed by atoms with Gasteiger partial charge < -0.3 is 5.73 Å². The minimum atomic E-state index is -0.00405. The van der Waals surface area contributed by atoms with Crippen LogP contribution in [0, 0.1) is 0 Å². The summed E-state index contributed by atoms with van der Waals surface area (Å²) < 4.78 is 0. The number of nitrogens with two attached hydrogens (primary N) is 1. The average Bonchev–Trinajstić information content (AvgIpc) is 2.41. The molecule has 2 atom stereocenters. The van der Waals surface area contributed by atoms with Crippen molar-refractivity contribution in [2.75, 3.05) is 0 Å². The third kappa shape index (κ3) is 4.06. The van der Waals surface area contributed by atoms with E-state index in [9.17, 15) is 0 Å². The Morgan fingerprint density at radius 3 is 2.15 bits per heavy atom. The van der Waals surface area contributed by atoms with Gasteiger partial charge in [-0.25, -0.2) is 0 Å². The van der Waals surface area contributed by atoms with Gasteiger partial charge in [0.1, 0.15) is 0 Å². The molecule has 5 heteroatoms. The Labute approximate surface area is 138 Å². The van der Waals surface area contributed by atoms with Crippen LogP contribution in [-0.4, -0.2) is 6.04 Å². The summed E-state index contributed by atoms with van der Waals surface area (Å²) >= 11 is 19.6. The minimum absolute atomic E-state index is 0.00405. The molecule has 0 aromatic heterocycles. The van der Waals surface area contributed by atoms with Gasteiger partial charge >= 0.3 is 0 Å². The van der Waals surface area contributed by atoms with Crippen molar-refractivity contribution in [2.24, 2.45) is 5.73 Å². The predicted octanol–water partition coefficient (Wildman–Crippen LogP) is 5.83. The Morgan fingerprint density at radius 2 is 1.60 bits per heavy atom. The lowest BCUT2D eigenvalue weighted by Crippen LogP contribution is -2.22. The molecule has 0 aliphatic carbocycles. The van der Waals surface area contributed by atoms with Crippen molar-refractivity contribution in [3.8, 4) is 0 Å². The first-order chi connectivity index (χ1) is 9.47. The molecule has 0 spiro atoms. The van der Waals surface area contributed by atoms with Crippen molar-refractivity contribution in [1.29, 1.82) is 0 Å². The summed E-state index contributed by atoms with van der Waals surface area (Å²) in [5.74, 6) is 0. The van der Waals surface area contributed by atoms with E-state index >= 15 is 0 Å². The molecule has 2 unspecified atom stereocenters. The molecule has 2 rings (SSSR count). The van der Waals surface area contributed by atoms with Crippen LogP contribution >= 0.6 is 46.6 Å². The second-order valence-corrected chi connectivity index (χ2v) is 6.99. The molecule has 0 bridgehead atoms. The Bertz CT molecular complexity index is 584. The lowest BCUT2D eigenvalue weighted by atomic mass is 10.1. The van der Waals surface area contributed by atoms with Crippen LogP contribution in [0.2, 0.25) is 15.1 Å². The molecule has 2 N–H and O–H groups in total. The zero-order chi connectivity index (χ0) is 14.7. The van der Waals surface area contributed by atoms with Crippen LogP contribution in [0.5, 0.6) is 0 Å². The summed E-state index contributed by atoms with van der Waals surface area (Å²) in [5, 5.41) is 1.96. The van der Waals surface area contributed by atoms with Crippen molar-refractivity contribution in [3.05, 3.63) is 63.1 Å². The van der Waals surface area contributed by atoms with Crippen molar-refractivity contribution in [1.82, 2.24) is 0 Å². The summed E-state index contributed by atoms with van der Waals surface area (Å²) in [7, 11) is 0. The third-order valence-corrected chi connectivity index (χ3v) is 5.30. The molecule has 0 amide bonds. The molecule has 0 saturated carbocycles. The van der Waals surface area contributed by atoms with E-state index in [1.165, 1.54) is 0 Å². The quantitative estimate of drug-likeness (QED) is 0.705. The maximum absolute atomic E-state index is 6.11. The molecule has 0 aliphatic heterocycles. The lowest BCUT2D eigenvalue weighted by Gasteiger charge is -2.21. The van der Waals surface area contributed by atoms with Gasteiger partial charge in [-0.3, -0.25) is 0 Å². The Kier molecular flexibility index (Phi) is 5.65. The van der Waals surface area contributed by atoms with E-state index < -0.39 is 0 Å². The fourth-order valence-corrected chi connectivity index (χ4v) is 3.45. The zero-order valence-electron chi connectivity index (χ0n) is 10.8. The summed E-state index contributed by atoms with van der Waals surface area (Å²) in [6.07, 6.45) is 0. The number of hydrogen-bond acceptors (Lipinski definition) is 2. The lowest BCUT2D eigenvalue weighted by molar-refractivity contribution is 0.721. The predicted molar refractivity (Wildman–Crippen MR) is 90.2 cm³/mol. The van der Waals surface area contributed by atoms with Crippen molar-refractivity contribution in [2.45, 2.75) is 23.1 Å². The van der Waals surface area contributed by atoms with E-state index in [0.717, 1.165) is 15.5 Å². The van der Waals surface area contributed by atoms with Crippen molar-refractivity contribution in [3.63, 3.8) is 0 Å². The fraction of sp³-hybridized carbons (Fsp3) is 0.200. The second kappa shape index (κ2) is 7.06. The highest BCUT2D eigenvalue weighted by molar-refractivity contribution is 7.99. The van der Waals surface area contributed by atoms with Gasteiger partial charge in [0.15, 0.2) is 0 Å². The fourth-order valence-electron chi connectivity index (χ4n) is 1.83. The first-order valence-corrected chi connectivity index (χ1v) is 8.11. The number of benzene rings is 2. The van der Waals surface area contributed by atoms with Crippen LogP contribution in [0.15, 0.2) is 47.4 Å². The van der Waals surface area contributed by atoms with E-state index in [1.54, 1.807) is 17.8 Å². The van der Waals surface area contributed by atoms with Crippen molar-refractivity contribution < 1.29 is 0 Å². The van der Waals surface area contributed by atoms with Gasteiger partial charge in [0, 0.05) is 21.2 Å². The Hall–Kier alpha value is -0.380. The van der Waals surface area contributed by atoms with Crippen molar-refractivity contribution >= 4 is 46.6 Å². The Balaban J connectivity index is 2.25. The topological polar surface area (TPSA) is 26.0 Å². The number of rotatable bonds is 4. The van der Waals surface area contributed by atoms with Crippen LogP contribution in [0.25, 0.3) is 0 Å². The summed E-state index contributed by atoms with van der Waals surface area (Å²) in [6.45, 7) is 1.99. The summed E-state index contributed by atoms with van der Waals surface area (Å²) in [6, 6.07) is 13.4. The molecule has 106 valence electrons. The molecule has 0 fully saturated rings. The smallest absolute Gasteiger partial charge is 0.0603 e. The maximum Gasteiger partial charge on any atom is 0.0603 e. The summed E-state index contributed by atoms with van der Waals surface area (Å²) in [4.78, 5) is 1.04. The van der Waals surface area contributed by atoms with E-state index in [2.05, 4.69) is 0 Å². The van der Waals surface area contributed by atoms with Crippen LogP contribution in [-0.2, 0) is 0 Å². The highest BCUT2D eigenvalue weighted by Gasteiger charge is 2.18. The number of thioether (sulfide) groups is 1. The molecule has 2 aromatic rings. The van der Waals surface area contributed by atoms with E-state index in [1.807, 2.05) is 43.3 Å². The molecule has 0 aliphatic rings. The second-order valence-electron chi connectivity index (χ2n) is 4.53. The van der Waals surface area contributed by atoms with Crippen LogP contribution in [0.3, 0.4) is 0 Å². The molecule has 2 aromatic carbocycles. The number of hydrogen-bond donors (Lipinski definition) is 1. The van der Waals surface area contributed by atoms with E-state index in [0.29, 0.717) is 10.0 Å². The molecule has 1 nitrogen and oxygen atoms in total. The van der Waals surface area contributed by atoms with E-state index in [4.69, 9.17) is 40.5 Å². The van der Waals surface area contributed by atoms with Crippen LogP contribution in [0.1, 0.15) is 17.7 Å². The van der Waals surface area contributed by atoms with Gasteiger partial charge in [-0.05, 0) is 42.8 Å². The minimum Gasteiger partial charge on any atom is -0.327 e. The normalized spacial score (nSPS) is 14.1. The maximum atomic E-state index is 6.11. The van der Waals surface area contributed by atoms with Gasteiger partial charge in [0.25, 0.3) is 0 Å². The van der Waals surface area contributed by atoms with Gasteiger partial charge in [0.2, 0.25) is 0 Å². The first-order valence-electron chi connectivity index (χ1n) is 6.10. The van der Waals surface area contributed by atoms with Gasteiger partial charge in [-0.2, -0.15) is 0 Å². The summed E-state index contributed by atoms with van der Waals surface area (Å²) in [5.41, 5.74) is 7.25.